The van der Waals surface area contributed by atoms with E-state index in [1.807, 2.05) is 0 Å². The second-order valence-corrected chi connectivity index (χ2v) is 15.9. The van der Waals surface area contributed by atoms with E-state index < -0.39 is 81.2 Å². The van der Waals surface area contributed by atoms with Crippen LogP contribution in [0.3, 0.4) is 0 Å². The largest absolute Gasteiger partial charge is 0.382 e. The Balaban J connectivity index is 1.17. The first kappa shape index (κ1) is 31.0. The van der Waals surface area contributed by atoms with Gasteiger partial charge in [0.05, 0.1) is 38.0 Å². The summed E-state index contributed by atoms with van der Waals surface area (Å²) in [6.45, 7) is -8.90. The van der Waals surface area contributed by atoms with E-state index in [4.69, 9.17) is 74.1 Å². The standard InChI is InChI=1S/C20H26N12O9P2S2/c21-8-12-6(38-18(8)31-4-27-10-14(23)25-3-26-15(10)31)1-36-43(35,45)41-13-7(2-37-42(34,44)40-12)39-19(9(13)22)32-5-28-11-16(32)29-20(24)30-17(11)33/h3-9,12-13,18-19H,1-2,21-22H2,(H,34,44)(H,35,45)(H2,23,25,26)(H3,24,29,30,33)/t6-,7-,8?,9?,12+,13+,18-,19-,42?,43?/m1/s1. The van der Waals surface area contributed by atoms with Gasteiger partial charge in [-0.1, -0.05) is 0 Å². The molecule has 10 atom stereocenters. The molecule has 7 rings (SSSR count). The predicted octanol–water partition coefficient (Wildman–Crippen LogP) is -2.18. The zero-order valence-electron chi connectivity index (χ0n) is 22.7. The monoisotopic (exact) mass is 704 g/mol. The van der Waals surface area contributed by atoms with Crippen LogP contribution in [0.15, 0.2) is 23.8 Å². The van der Waals surface area contributed by atoms with Gasteiger partial charge in [-0.15, -0.1) is 0 Å². The van der Waals surface area contributed by atoms with Crippen LogP contribution in [0.2, 0.25) is 0 Å². The zero-order valence-corrected chi connectivity index (χ0v) is 26.1. The lowest BCUT2D eigenvalue weighted by atomic mass is 10.1. The van der Waals surface area contributed by atoms with Crippen molar-refractivity contribution >= 4 is 71.1 Å². The number of H-pyrrole nitrogens is 1. The van der Waals surface area contributed by atoms with Crippen molar-refractivity contribution in [1.82, 2.24) is 39.0 Å². The topological polar surface area (TPSA) is 307 Å². The van der Waals surface area contributed by atoms with Gasteiger partial charge >= 0.3 is 13.4 Å². The molecule has 11 N–H and O–H groups in total. The van der Waals surface area contributed by atoms with Gasteiger partial charge in [0, 0.05) is 0 Å². The number of nitrogen functional groups attached to an aromatic ring is 2. The van der Waals surface area contributed by atoms with Gasteiger partial charge in [0.25, 0.3) is 5.56 Å². The molecule has 0 saturated carbocycles. The molecule has 3 aliphatic heterocycles. The van der Waals surface area contributed by atoms with Gasteiger partial charge < -0.3 is 60.3 Å². The van der Waals surface area contributed by atoms with E-state index in [0.29, 0.717) is 11.2 Å². The van der Waals surface area contributed by atoms with Crippen molar-refractivity contribution in [2.45, 2.75) is 49.0 Å². The fraction of sp³-hybridized carbons (Fsp3) is 0.500. The first-order valence-electron chi connectivity index (χ1n) is 13.1. The number of ether oxygens (including phenoxy) is 2. The summed E-state index contributed by atoms with van der Waals surface area (Å²) in [7, 11) is 0. The van der Waals surface area contributed by atoms with Crippen molar-refractivity contribution in [3.8, 4) is 0 Å². The third kappa shape index (κ3) is 5.57. The van der Waals surface area contributed by atoms with E-state index in [2.05, 4.69) is 29.9 Å². The molecule has 21 nitrogen and oxygen atoms in total. The summed E-state index contributed by atoms with van der Waals surface area (Å²) in [4.78, 5) is 57.4. The van der Waals surface area contributed by atoms with E-state index in [-0.39, 0.29) is 22.9 Å². The molecule has 45 heavy (non-hydrogen) atoms. The molecule has 4 aromatic heterocycles. The Morgan fingerprint density at radius 3 is 1.96 bits per heavy atom. The number of anilines is 2. The minimum absolute atomic E-state index is 0.0151. The number of aromatic nitrogens is 8. The molecular formula is C20H26N12O9P2S2. The molecule has 242 valence electrons. The average Bonchev–Trinajstić information content (AvgIpc) is 3.72. The van der Waals surface area contributed by atoms with E-state index in [1.165, 1.54) is 28.1 Å². The lowest BCUT2D eigenvalue weighted by Crippen LogP contribution is -2.43. The Labute approximate surface area is 261 Å². The summed E-state index contributed by atoms with van der Waals surface area (Å²) in [5.41, 5.74) is 24.8. The molecule has 3 aliphatic rings. The molecule has 0 aromatic carbocycles. The maximum absolute atomic E-state index is 12.3. The Kier molecular flexibility index (Phi) is 7.78. The van der Waals surface area contributed by atoms with Crippen LogP contribution >= 0.6 is 13.4 Å². The smallest absolute Gasteiger partial charge is 0.325 e. The number of nitrogens with zero attached hydrogens (tertiary/aromatic N) is 7. The molecule has 0 bridgehead atoms. The summed E-state index contributed by atoms with van der Waals surface area (Å²) in [5.74, 6) is -0.00613. The molecule has 3 saturated heterocycles. The number of rotatable bonds is 2. The highest BCUT2D eigenvalue weighted by molar-refractivity contribution is 8.07. The number of nitrogens with two attached hydrogens (primary N) is 4. The maximum atomic E-state index is 12.3. The van der Waals surface area contributed by atoms with Crippen LogP contribution in [-0.4, -0.2) is 98.5 Å². The third-order valence-corrected chi connectivity index (χ3v) is 10.6. The van der Waals surface area contributed by atoms with Crippen LogP contribution < -0.4 is 28.5 Å². The predicted molar refractivity (Wildman–Crippen MR) is 161 cm³/mol. The SMILES string of the molecule is Nc1nc2c(ncn2[C@@H]2O[C@@H]3COP(O)(=S)O[C@@H]4C(N)[C@H](n5cnc6c(N)ncnc65)O[C@@H]4COP(O)(=S)O[C@@H]3C2N)c(=O)[nH]1. The van der Waals surface area contributed by atoms with Crippen LogP contribution in [0.5, 0.6) is 0 Å². The summed E-state index contributed by atoms with van der Waals surface area (Å²) in [6, 6.07) is -2.02. The normalized spacial score (nSPS) is 37.7. The first-order valence-corrected chi connectivity index (χ1v) is 18.3. The average molecular weight is 705 g/mol. The molecule has 0 aliphatic carbocycles. The van der Waals surface area contributed by atoms with Crippen LogP contribution in [0.25, 0.3) is 22.3 Å². The summed E-state index contributed by atoms with van der Waals surface area (Å²) >= 11 is 10.6. The van der Waals surface area contributed by atoms with Crippen LogP contribution in [0, 0.1) is 0 Å². The molecule has 0 spiro atoms. The highest BCUT2D eigenvalue weighted by atomic mass is 32.5. The van der Waals surface area contributed by atoms with E-state index in [1.54, 1.807) is 0 Å². The van der Waals surface area contributed by atoms with E-state index >= 15 is 0 Å². The molecule has 25 heteroatoms. The van der Waals surface area contributed by atoms with Crippen molar-refractivity contribution in [2.75, 3.05) is 24.7 Å². The number of hydrogen-bond donors (Lipinski definition) is 7. The summed E-state index contributed by atoms with van der Waals surface area (Å²) in [5, 5.41) is 0. The van der Waals surface area contributed by atoms with Gasteiger partial charge in [-0.3, -0.25) is 18.9 Å². The first-order chi connectivity index (χ1) is 21.3. The van der Waals surface area contributed by atoms with E-state index in [0.717, 1.165) is 0 Å². The van der Waals surface area contributed by atoms with Crippen molar-refractivity contribution in [2.24, 2.45) is 11.5 Å². The fourth-order valence-electron chi connectivity index (χ4n) is 5.45. The molecule has 4 aromatic rings. The number of fused-ring (bicyclic) bond motifs is 4. The maximum Gasteiger partial charge on any atom is 0.325 e. The molecule has 4 unspecified atom stereocenters. The third-order valence-electron chi connectivity index (χ3n) is 7.48. The zero-order chi connectivity index (χ0) is 31.8. The summed E-state index contributed by atoms with van der Waals surface area (Å²) < 4.78 is 38.2. The van der Waals surface area contributed by atoms with Crippen molar-refractivity contribution in [3.63, 3.8) is 0 Å². The van der Waals surface area contributed by atoms with Gasteiger partial charge in [0.15, 0.2) is 35.1 Å². The van der Waals surface area contributed by atoms with Gasteiger partial charge in [0.1, 0.15) is 36.3 Å². The molecular weight excluding hydrogens is 678 g/mol. The molecule has 7 heterocycles. The van der Waals surface area contributed by atoms with Gasteiger partial charge in [-0.2, -0.15) is 4.98 Å². The highest BCUT2D eigenvalue weighted by Gasteiger charge is 2.51. The van der Waals surface area contributed by atoms with Crippen molar-refractivity contribution < 1.29 is 37.4 Å². The molecule has 3 fully saturated rings. The minimum Gasteiger partial charge on any atom is -0.382 e. The number of nitrogens with one attached hydrogen (secondary N) is 1. The van der Waals surface area contributed by atoms with Crippen LogP contribution in [0.4, 0.5) is 11.8 Å². The minimum atomic E-state index is -4.05. The van der Waals surface area contributed by atoms with Gasteiger partial charge in [-0.25, -0.2) is 19.9 Å². The number of imidazole rings is 2. The van der Waals surface area contributed by atoms with Crippen LogP contribution in [0.1, 0.15) is 12.5 Å². The van der Waals surface area contributed by atoms with Crippen LogP contribution in [-0.2, 0) is 51.2 Å². The van der Waals surface area contributed by atoms with Crippen molar-refractivity contribution in [3.05, 3.63) is 29.3 Å². The summed E-state index contributed by atoms with van der Waals surface area (Å²) in [6.07, 6.45) is -2.41. The van der Waals surface area contributed by atoms with Crippen molar-refractivity contribution in [1.29, 1.82) is 0 Å². The Morgan fingerprint density at radius 2 is 1.38 bits per heavy atom. The van der Waals surface area contributed by atoms with E-state index in [9.17, 15) is 14.6 Å². The van der Waals surface area contributed by atoms with Gasteiger partial charge in [0.2, 0.25) is 5.95 Å². The lowest BCUT2D eigenvalue weighted by molar-refractivity contribution is -0.0579. The lowest BCUT2D eigenvalue weighted by Gasteiger charge is -2.30. The second-order valence-electron chi connectivity index (χ2n) is 10.3. The number of aromatic amines is 1. The number of hydrogen-bond acceptors (Lipinski definition) is 18. The molecule has 0 radical (unpaired) electrons. The fourth-order valence-corrected chi connectivity index (χ4v) is 8.37. The quantitative estimate of drug-likeness (QED) is 0.109. The Hall–Kier alpha value is -2.60. The Bertz CT molecular complexity index is 1940. The second kappa shape index (κ2) is 11.3. The molecule has 0 amide bonds. The Morgan fingerprint density at radius 1 is 0.844 bits per heavy atom. The highest BCUT2D eigenvalue weighted by Crippen LogP contribution is 2.53. The van der Waals surface area contributed by atoms with Gasteiger partial charge in [-0.05, 0) is 23.6 Å².